The number of furan rings is 1. The Labute approximate surface area is 85.4 Å². The lowest BCUT2D eigenvalue weighted by atomic mass is 10.1. The summed E-state index contributed by atoms with van der Waals surface area (Å²) >= 11 is 0. The number of ketones is 1. The van der Waals surface area contributed by atoms with Crippen LogP contribution in [0.15, 0.2) is 34.9 Å². The zero-order valence-electron chi connectivity index (χ0n) is 8.02. The van der Waals surface area contributed by atoms with Gasteiger partial charge in [-0.3, -0.25) is 4.79 Å². The second kappa shape index (κ2) is 3.57. The standard InChI is InChI=1S/C11H8O4/c1-14-11(13)10(12)8-6-15-9-5-3-2-4-7(8)9/h2-6H,1H3. The maximum absolute atomic E-state index is 11.5. The third-order valence-electron chi connectivity index (χ3n) is 2.10. The summed E-state index contributed by atoms with van der Waals surface area (Å²) in [5, 5.41) is 0.618. The minimum atomic E-state index is -0.887. The molecule has 0 N–H and O–H groups in total. The molecule has 1 aromatic heterocycles. The summed E-state index contributed by atoms with van der Waals surface area (Å²) < 4.78 is 9.49. The maximum atomic E-state index is 11.5. The molecule has 0 unspecified atom stereocenters. The molecule has 2 aromatic rings. The lowest BCUT2D eigenvalue weighted by Crippen LogP contribution is -2.15. The summed E-state index contributed by atoms with van der Waals surface area (Å²) in [6.45, 7) is 0. The molecule has 0 aliphatic heterocycles. The molecule has 4 nitrogen and oxygen atoms in total. The number of ether oxygens (including phenoxy) is 1. The molecule has 2 rings (SSSR count). The van der Waals surface area contributed by atoms with Gasteiger partial charge in [0.1, 0.15) is 11.8 Å². The van der Waals surface area contributed by atoms with Gasteiger partial charge in [-0.05, 0) is 6.07 Å². The van der Waals surface area contributed by atoms with E-state index in [0.29, 0.717) is 11.0 Å². The number of carbonyl (C=O) groups excluding carboxylic acids is 2. The second-order valence-electron chi connectivity index (χ2n) is 2.97. The third kappa shape index (κ3) is 1.50. The number of hydrogen-bond acceptors (Lipinski definition) is 4. The zero-order chi connectivity index (χ0) is 10.8. The number of benzene rings is 1. The van der Waals surface area contributed by atoms with E-state index in [2.05, 4.69) is 4.74 Å². The Morgan fingerprint density at radius 1 is 1.27 bits per heavy atom. The van der Waals surface area contributed by atoms with Crippen molar-refractivity contribution in [2.24, 2.45) is 0 Å². The van der Waals surface area contributed by atoms with E-state index < -0.39 is 11.8 Å². The average Bonchev–Trinajstić information content (AvgIpc) is 2.70. The lowest BCUT2D eigenvalue weighted by molar-refractivity contribution is -0.135. The minimum absolute atomic E-state index is 0.234. The summed E-state index contributed by atoms with van der Waals surface area (Å²) in [4.78, 5) is 22.6. The average molecular weight is 204 g/mol. The van der Waals surface area contributed by atoms with E-state index in [1.54, 1.807) is 24.3 Å². The van der Waals surface area contributed by atoms with Gasteiger partial charge in [-0.25, -0.2) is 4.79 Å². The number of hydrogen-bond donors (Lipinski definition) is 0. The quantitative estimate of drug-likeness (QED) is 0.425. The highest BCUT2D eigenvalue weighted by atomic mass is 16.5. The largest absolute Gasteiger partial charge is 0.464 e. The highest BCUT2D eigenvalue weighted by Gasteiger charge is 2.21. The molecule has 0 radical (unpaired) electrons. The summed E-state index contributed by atoms with van der Waals surface area (Å²) in [7, 11) is 1.17. The summed E-state index contributed by atoms with van der Waals surface area (Å²) in [5.74, 6) is -1.58. The zero-order valence-corrected chi connectivity index (χ0v) is 8.02. The SMILES string of the molecule is COC(=O)C(=O)c1coc2ccccc12. The number of esters is 1. The molecule has 4 heteroatoms. The van der Waals surface area contributed by atoms with Gasteiger partial charge in [0.25, 0.3) is 5.78 Å². The number of fused-ring (bicyclic) bond motifs is 1. The molecule has 0 fully saturated rings. The van der Waals surface area contributed by atoms with Gasteiger partial charge in [0.2, 0.25) is 0 Å². The van der Waals surface area contributed by atoms with Crippen LogP contribution in [-0.4, -0.2) is 18.9 Å². The van der Waals surface area contributed by atoms with E-state index in [1.165, 1.54) is 13.4 Å². The van der Waals surface area contributed by atoms with E-state index in [9.17, 15) is 9.59 Å². The third-order valence-corrected chi connectivity index (χ3v) is 2.10. The van der Waals surface area contributed by atoms with Crippen LogP contribution < -0.4 is 0 Å². The topological polar surface area (TPSA) is 56.5 Å². The van der Waals surface area contributed by atoms with Gasteiger partial charge in [-0.15, -0.1) is 0 Å². The molecule has 0 bridgehead atoms. The van der Waals surface area contributed by atoms with Crippen LogP contribution in [0.25, 0.3) is 11.0 Å². The molecule has 1 aromatic carbocycles. The predicted molar refractivity (Wildman–Crippen MR) is 52.6 cm³/mol. The molecule has 0 spiro atoms. The monoisotopic (exact) mass is 204 g/mol. The highest BCUT2D eigenvalue weighted by molar-refractivity contribution is 6.42. The van der Waals surface area contributed by atoms with Crippen molar-refractivity contribution in [3.05, 3.63) is 36.1 Å². The number of rotatable bonds is 2. The van der Waals surface area contributed by atoms with Crippen molar-refractivity contribution in [2.75, 3.05) is 7.11 Å². The number of para-hydroxylation sites is 1. The Hall–Kier alpha value is -2.10. The Morgan fingerprint density at radius 3 is 2.73 bits per heavy atom. The molecule has 0 aliphatic carbocycles. The molecule has 0 amide bonds. The normalized spacial score (nSPS) is 10.2. The van der Waals surface area contributed by atoms with Crippen LogP contribution in [-0.2, 0) is 9.53 Å². The van der Waals surface area contributed by atoms with Gasteiger partial charge < -0.3 is 9.15 Å². The fraction of sp³-hybridized carbons (Fsp3) is 0.0909. The van der Waals surface area contributed by atoms with Crippen molar-refractivity contribution in [1.82, 2.24) is 0 Å². The number of carbonyl (C=O) groups is 2. The van der Waals surface area contributed by atoms with Crippen molar-refractivity contribution in [3.8, 4) is 0 Å². The van der Waals surface area contributed by atoms with Gasteiger partial charge in [0.15, 0.2) is 0 Å². The van der Waals surface area contributed by atoms with Gasteiger partial charge in [-0.1, -0.05) is 18.2 Å². The Balaban J connectivity index is 2.53. The Morgan fingerprint density at radius 2 is 2.00 bits per heavy atom. The second-order valence-corrected chi connectivity index (χ2v) is 2.97. The lowest BCUT2D eigenvalue weighted by Gasteiger charge is -1.95. The van der Waals surface area contributed by atoms with Crippen LogP contribution >= 0.6 is 0 Å². The number of methoxy groups -OCH3 is 1. The minimum Gasteiger partial charge on any atom is -0.464 e. The Bertz CT molecular complexity index is 524. The van der Waals surface area contributed by atoms with E-state index in [-0.39, 0.29) is 5.56 Å². The van der Waals surface area contributed by atoms with E-state index in [0.717, 1.165) is 0 Å². The van der Waals surface area contributed by atoms with Gasteiger partial charge >= 0.3 is 5.97 Å². The molecule has 0 saturated carbocycles. The molecule has 0 aliphatic rings. The van der Waals surface area contributed by atoms with E-state index in [1.807, 2.05) is 0 Å². The van der Waals surface area contributed by atoms with Crippen molar-refractivity contribution in [3.63, 3.8) is 0 Å². The molecule has 0 atom stereocenters. The summed E-state index contributed by atoms with van der Waals surface area (Å²) in [5.41, 5.74) is 0.808. The molecular weight excluding hydrogens is 196 g/mol. The van der Waals surface area contributed by atoms with Crippen molar-refractivity contribution >= 4 is 22.7 Å². The maximum Gasteiger partial charge on any atom is 0.379 e. The van der Waals surface area contributed by atoms with Crippen molar-refractivity contribution in [2.45, 2.75) is 0 Å². The van der Waals surface area contributed by atoms with Crippen LogP contribution in [0.5, 0.6) is 0 Å². The van der Waals surface area contributed by atoms with Crippen LogP contribution in [0.3, 0.4) is 0 Å². The first kappa shape index (κ1) is 9.45. The fourth-order valence-electron chi connectivity index (χ4n) is 1.36. The highest BCUT2D eigenvalue weighted by Crippen LogP contribution is 2.21. The molecular formula is C11H8O4. The summed E-state index contributed by atoms with van der Waals surface area (Å²) in [6.07, 6.45) is 1.27. The first-order chi connectivity index (χ1) is 7.24. The smallest absolute Gasteiger partial charge is 0.379 e. The fourth-order valence-corrected chi connectivity index (χ4v) is 1.36. The first-order valence-electron chi connectivity index (χ1n) is 4.33. The number of Topliss-reactive ketones (excluding diaryl/α,β-unsaturated/α-hetero) is 1. The van der Waals surface area contributed by atoms with Crippen LogP contribution in [0.4, 0.5) is 0 Å². The molecule has 15 heavy (non-hydrogen) atoms. The predicted octanol–water partition coefficient (Wildman–Crippen LogP) is 1.79. The van der Waals surface area contributed by atoms with Gasteiger partial charge in [0, 0.05) is 5.39 Å². The molecule has 76 valence electrons. The van der Waals surface area contributed by atoms with Crippen molar-refractivity contribution < 1.29 is 18.7 Å². The van der Waals surface area contributed by atoms with E-state index in [4.69, 9.17) is 4.42 Å². The van der Waals surface area contributed by atoms with Crippen LogP contribution in [0, 0.1) is 0 Å². The van der Waals surface area contributed by atoms with Crippen molar-refractivity contribution in [1.29, 1.82) is 0 Å². The Kier molecular flexibility index (Phi) is 2.25. The molecule has 1 heterocycles. The van der Waals surface area contributed by atoms with Gasteiger partial charge in [0.05, 0.1) is 12.7 Å². The molecule has 0 saturated heterocycles. The summed E-state index contributed by atoms with van der Waals surface area (Å²) in [6, 6.07) is 7.00. The van der Waals surface area contributed by atoms with Crippen LogP contribution in [0.1, 0.15) is 10.4 Å². The van der Waals surface area contributed by atoms with Crippen LogP contribution in [0.2, 0.25) is 0 Å². The van der Waals surface area contributed by atoms with Gasteiger partial charge in [-0.2, -0.15) is 0 Å². The van der Waals surface area contributed by atoms with E-state index >= 15 is 0 Å². The first-order valence-corrected chi connectivity index (χ1v) is 4.33.